The molecule has 3 aromatic carbocycles. The summed E-state index contributed by atoms with van der Waals surface area (Å²) < 4.78 is 8.12. The maximum Gasteiger partial charge on any atom is 0.219 e. The Bertz CT molecular complexity index is 1540. The largest absolute Gasteiger partial charge is 0.439 e. The van der Waals surface area contributed by atoms with E-state index in [-0.39, 0.29) is 0 Å². The van der Waals surface area contributed by atoms with Crippen molar-refractivity contribution in [3.05, 3.63) is 110 Å². The second kappa shape index (κ2) is 7.63. The minimum absolute atomic E-state index is 0.573. The first-order valence-electron chi connectivity index (χ1n) is 10.4. The van der Waals surface area contributed by atoms with E-state index >= 15 is 0 Å². The van der Waals surface area contributed by atoms with Crippen LogP contribution in [0.25, 0.3) is 38.8 Å². The van der Waals surface area contributed by atoms with E-state index in [9.17, 15) is 0 Å². The number of benzene rings is 3. The molecule has 6 rings (SSSR count). The highest BCUT2D eigenvalue weighted by atomic mass is 16.5. The molecular weight excluding hydrogens is 396 g/mol. The van der Waals surface area contributed by atoms with E-state index < -0.39 is 0 Å². The van der Waals surface area contributed by atoms with Gasteiger partial charge in [0.2, 0.25) is 5.88 Å². The zero-order valence-corrected chi connectivity index (χ0v) is 17.1. The zero-order chi connectivity index (χ0) is 21.3. The summed E-state index contributed by atoms with van der Waals surface area (Å²) >= 11 is 0. The van der Waals surface area contributed by atoms with Gasteiger partial charge in [0, 0.05) is 29.2 Å². The van der Waals surface area contributed by atoms with Gasteiger partial charge in [0.1, 0.15) is 17.9 Å². The molecule has 0 aliphatic heterocycles. The standard InChI is InChI=1S/C27H18N4O/c1-2-9-24-22(8-1)23-12-11-20(17-25(23)31(24)26-13-15-28-18-30-26)19-6-5-7-21(16-19)32-27-10-3-4-14-29-27/h1-18H. The number of pyridine rings is 1. The molecule has 0 fully saturated rings. The van der Waals surface area contributed by atoms with E-state index in [4.69, 9.17) is 4.74 Å². The Morgan fingerprint density at radius 2 is 1.50 bits per heavy atom. The number of fused-ring (bicyclic) bond motifs is 3. The smallest absolute Gasteiger partial charge is 0.219 e. The van der Waals surface area contributed by atoms with Gasteiger partial charge in [-0.15, -0.1) is 0 Å². The van der Waals surface area contributed by atoms with Crippen LogP contribution >= 0.6 is 0 Å². The average molecular weight is 414 g/mol. The summed E-state index contributed by atoms with van der Waals surface area (Å²) in [7, 11) is 0. The predicted molar refractivity (Wildman–Crippen MR) is 126 cm³/mol. The number of nitrogens with zero attached hydrogens (tertiary/aromatic N) is 4. The highest BCUT2D eigenvalue weighted by Crippen LogP contribution is 2.35. The molecule has 0 bridgehead atoms. The molecular formula is C27H18N4O. The summed E-state index contributed by atoms with van der Waals surface area (Å²) in [6.45, 7) is 0. The van der Waals surface area contributed by atoms with E-state index in [0.29, 0.717) is 5.88 Å². The van der Waals surface area contributed by atoms with Crippen LogP contribution in [0.2, 0.25) is 0 Å². The fraction of sp³-hybridized carbons (Fsp3) is 0. The Morgan fingerprint density at radius 3 is 2.38 bits per heavy atom. The summed E-state index contributed by atoms with van der Waals surface area (Å²) in [6.07, 6.45) is 5.07. The molecule has 0 saturated heterocycles. The van der Waals surface area contributed by atoms with Crippen LogP contribution in [0, 0.1) is 0 Å². The van der Waals surface area contributed by atoms with E-state index in [1.807, 2.05) is 42.5 Å². The molecule has 0 amide bonds. The third-order valence-corrected chi connectivity index (χ3v) is 5.50. The molecule has 0 unspecified atom stereocenters. The van der Waals surface area contributed by atoms with Gasteiger partial charge in [-0.1, -0.05) is 48.5 Å². The lowest BCUT2D eigenvalue weighted by Crippen LogP contribution is -1.97. The van der Waals surface area contributed by atoms with Crippen LogP contribution in [0.4, 0.5) is 0 Å². The number of aromatic nitrogens is 4. The Balaban J connectivity index is 1.50. The summed E-state index contributed by atoms with van der Waals surface area (Å²) in [5.41, 5.74) is 4.38. The lowest BCUT2D eigenvalue weighted by Gasteiger charge is -2.09. The van der Waals surface area contributed by atoms with Gasteiger partial charge in [-0.3, -0.25) is 4.57 Å². The molecule has 32 heavy (non-hydrogen) atoms. The normalized spacial score (nSPS) is 11.1. The van der Waals surface area contributed by atoms with E-state index in [1.165, 1.54) is 10.8 Å². The number of para-hydroxylation sites is 1. The monoisotopic (exact) mass is 414 g/mol. The van der Waals surface area contributed by atoms with Crippen LogP contribution in [-0.4, -0.2) is 19.5 Å². The quantitative estimate of drug-likeness (QED) is 0.334. The average Bonchev–Trinajstić information content (AvgIpc) is 3.19. The molecule has 3 aromatic heterocycles. The Labute approximate surface area is 184 Å². The molecule has 0 spiro atoms. The van der Waals surface area contributed by atoms with Crippen molar-refractivity contribution < 1.29 is 4.74 Å². The van der Waals surface area contributed by atoms with E-state index in [2.05, 4.69) is 68.0 Å². The van der Waals surface area contributed by atoms with Gasteiger partial charge < -0.3 is 4.74 Å². The van der Waals surface area contributed by atoms with Crippen LogP contribution in [-0.2, 0) is 0 Å². The third kappa shape index (κ3) is 3.17. The summed E-state index contributed by atoms with van der Waals surface area (Å²) in [5, 5.41) is 2.38. The number of hydrogen-bond donors (Lipinski definition) is 0. The summed E-state index contributed by atoms with van der Waals surface area (Å²) in [6, 6.07) is 30.5. The minimum Gasteiger partial charge on any atom is -0.439 e. The van der Waals surface area contributed by atoms with Gasteiger partial charge in [0.25, 0.3) is 0 Å². The van der Waals surface area contributed by atoms with Crippen molar-refractivity contribution in [2.24, 2.45) is 0 Å². The molecule has 0 aliphatic carbocycles. The summed E-state index contributed by atoms with van der Waals surface area (Å²) in [5.74, 6) is 2.16. The maximum atomic E-state index is 5.94. The van der Waals surface area contributed by atoms with Crippen molar-refractivity contribution in [3.63, 3.8) is 0 Å². The molecule has 5 nitrogen and oxygen atoms in total. The molecule has 0 N–H and O–H groups in total. The van der Waals surface area contributed by atoms with Crippen molar-refractivity contribution in [1.29, 1.82) is 0 Å². The molecule has 3 heterocycles. The molecule has 0 atom stereocenters. The van der Waals surface area contributed by atoms with Crippen molar-refractivity contribution in [2.75, 3.05) is 0 Å². The Kier molecular flexibility index (Phi) is 4.36. The SMILES string of the molecule is c1ccc(Oc2cccc(-c3ccc4c5ccccc5n(-c5ccncn5)c4c3)c2)nc1. The van der Waals surface area contributed by atoms with Gasteiger partial charge in [0.15, 0.2) is 0 Å². The topological polar surface area (TPSA) is 52.8 Å². The van der Waals surface area contributed by atoms with Crippen molar-refractivity contribution in [2.45, 2.75) is 0 Å². The van der Waals surface area contributed by atoms with Crippen molar-refractivity contribution in [1.82, 2.24) is 19.5 Å². The zero-order valence-electron chi connectivity index (χ0n) is 17.1. The second-order valence-corrected chi connectivity index (χ2v) is 7.45. The van der Waals surface area contributed by atoms with Crippen molar-refractivity contribution in [3.8, 4) is 28.6 Å². The van der Waals surface area contributed by atoms with Gasteiger partial charge in [-0.2, -0.15) is 0 Å². The first-order valence-corrected chi connectivity index (χ1v) is 10.4. The Hall–Kier alpha value is -4.51. The number of rotatable bonds is 4. The fourth-order valence-electron chi connectivity index (χ4n) is 4.08. The van der Waals surface area contributed by atoms with E-state index in [0.717, 1.165) is 33.7 Å². The van der Waals surface area contributed by atoms with Crippen LogP contribution in [0.3, 0.4) is 0 Å². The fourth-order valence-corrected chi connectivity index (χ4v) is 4.08. The molecule has 152 valence electrons. The highest BCUT2D eigenvalue weighted by Gasteiger charge is 2.14. The van der Waals surface area contributed by atoms with E-state index in [1.54, 1.807) is 18.7 Å². The summed E-state index contributed by atoms with van der Waals surface area (Å²) in [4.78, 5) is 12.8. The first-order chi connectivity index (χ1) is 15.9. The first kappa shape index (κ1) is 18.3. The minimum atomic E-state index is 0.573. The van der Waals surface area contributed by atoms with Crippen LogP contribution in [0.1, 0.15) is 0 Å². The van der Waals surface area contributed by atoms with Crippen LogP contribution < -0.4 is 4.74 Å². The highest BCUT2D eigenvalue weighted by molar-refractivity contribution is 6.10. The van der Waals surface area contributed by atoms with Gasteiger partial charge in [0.05, 0.1) is 11.0 Å². The number of ether oxygens (including phenoxy) is 1. The van der Waals surface area contributed by atoms with Gasteiger partial charge >= 0.3 is 0 Å². The lowest BCUT2D eigenvalue weighted by atomic mass is 10.0. The van der Waals surface area contributed by atoms with Crippen LogP contribution in [0.15, 0.2) is 110 Å². The molecule has 5 heteroatoms. The van der Waals surface area contributed by atoms with Crippen molar-refractivity contribution >= 4 is 21.8 Å². The third-order valence-electron chi connectivity index (χ3n) is 5.50. The molecule has 0 saturated carbocycles. The molecule has 6 aromatic rings. The van der Waals surface area contributed by atoms with Crippen LogP contribution in [0.5, 0.6) is 11.6 Å². The second-order valence-electron chi connectivity index (χ2n) is 7.45. The van der Waals surface area contributed by atoms with Gasteiger partial charge in [-0.25, -0.2) is 15.0 Å². The maximum absolute atomic E-state index is 5.94. The molecule has 0 aliphatic rings. The Morgan fingerprint density at radius 1 is 0.625 bits per heavy atom. The number of hydrogen-bond acceptors (Lipinski definition) is 4. The lowest BCUT2D eigenvalue weighted by molar-refractivity contribution is 0.463. The molecule has 0 radical (unpaired) electrons. The predicted octanol–water partition coefficient (Wildman–Crippen LogP) is 6.43. The van der Waals surface area contributed by atoms with Gasteiger partial charge in [-0.05, 0) is 47.5 Å².